The number of rotatable bonds is 1. The molecule has 1 heterocycles. The van der Waals surface area contributed by atoms with Gasteiger partial charge >= 0.3 is 0 Å². The lowest BCUT2D eigenvalue weighted by Gasteiger charge is -2.22. The van der Waals surface area contributed by atoms with Crippen molar-refractivity contribution >= 4 is 12.1 Å². The van der Waals surface area contributed by atoms with Gasteiger partial charge in [-0.3, -0.25) is 4.99 Å². The smallest absolute Gasteiger partial charge is 0.112 e. The molecule has 1 N–H and O–H groups in total. The minimum Gasteiger partial charge on any atom is -0.508 e. The second-order valence-electron chi connectivity index (χ2n) is 4.09. The number of hydrogen-bond acceptors (Lipinski definition) is 3. The van der Waals surface area contributed by atoms with Gasteiger partial charge in [-0.15, -0.1) is 0 Å². The first-order valence-electron chi connectivity index (χ1n) is 5.60. The predicted molar refractivity (Wildman–Crippen MR) is 68.7 cm³/mol. The van der Waals surface area contributed by atoms with E-state index in [2.05, 4.69) is 9.98 Å². The molecule has 0 saturated heterocycles. The van der Waals surface area contributed by atoms with Crippen molar-refractivity contribution in [3.8, 4) is 0 Å². The van der Waals surface area contributed by atoms with Crippen LogP contribution in [-0.2, 0) is 0 Å². The van der Waals surface area contributed by atoms with Crippen molar-refractivity contribution in [1.82, 2.24) is 0 Å². The van der Waals surface area contributed by atoms with Crippen molar-refractivity contribution < 1.29 is 5.11 Å². The highest BCUT2D eigenvalue weighted by Gasteiger charge is 2.24. The summed E-state index contributed by atoms with van der Waals surface area (Å²) in [6, 6.07) is 10.1. The van der Waals surface area contributed by atoms with E-state index < -0.39 is 0 Å². The predicted octanol–water partition coefficient (Wildman–Crippen LogP) is 2.66. The van der Waals surface area contributed by atoms with Gasteiger partial charge in [-0.1, -0.05) is 30.3 Å². The zero-order valence-corrected chi connectivity index (χ0v) is 9.24. The molecule has 84 valence electrons. The van der Waals surface area contributed by atoms with Crippen LogP contribution in [0.2, 0.25) is 0 Å². The van der Waals surface area contributed by atoms with E-state index in [9.17, 15) is 5.11 Å². The molecule has 1 aromatic rings. The van der Waals surface area contributed by atoms with Crippen LogP contribution in [0.1, 0.15) is 12.0 Å². The molecular formula is C14H12N2O. The highest BCUT2D eigenvalue weighted by molar-refractivity contribution is 6.17. The lowest BCUT2D eigenvalue weighted by molar-refractivity contribution is 0.424. The van der Waals surface area contributed by atoms with Crippen LogP contribution in [-0.4, -0.2) is 23.2 Å². The maximum Gasteiger partial charge on any atom is 0.112 e. The number of aliphatic hydroxyl groups is 1. The summed E-state index contributed by atoms with van der Waals surface area (Å²) in [6.45, 7) is 0. The van der Waals surface area contributed by atoms with Gasteiger partial charge in [0.2, 0.25) is 0 Å². The number of aliphatic imine (C=N–C) groups is 2. The van der Waals surface area contributed by atoms with Crippen molar-refractivity contribution in [2.24, 2.45) is 9.98 Å². The van der Waals surface area contributed by atoms with Crippen LogP contribution in [0.4, 0.5) is 0 Å². The highest BCUT2D eigenvalue weighted by atomic mass is 16.3. The molecule has 17 heavy (non-hydrogen) atoms. The molecule has 0 aromatic heterocycles. The fourth-order valence-electron chi connectivity index (χ4n) is 2.12. The van der Waals surface area contributed by atoms with Crippen molar-refractivity contribution in [3.05, 3.63) is 59.4 Å². The Bertz CT molecular complexity index is 553. The topological polar surface area (TPSA) is 45.0 Å². The SMILES string of the molecule is OC1=CCC2N=CN=C(c3ccccc3)C2=C1. The maximum atomic E-state index is 9.59. The van der Waals surface area contributed by atoms with E-state index in [1.807, 2.05) is 30.3 Å². The Kier molecular flexibility index (Phi) is 2.37. The van der Waals surface area contributed by atoms with E-state index in [4.69, 9.17) is 0 Å². The average molecular weight is 224 g/mol. The number of fused-ring (bicyclic) bond motifs is 1. The van der Waals surface area contributed by atoms with Crippen molar-refractivity contribution in [2.75, 3.05) is 0 Å². The molecule has 1 atom stereocenters. The fourth-order valence-corrected chi connectivity index (χ4v) is 2.12. The molecular weight excluding hydrogens is 212 g/mol. The Balaban J connectivity index is 2.07. The second-order valence-corrected chi connectivity index (χ2v) is 4.09. The lowest BCUT2D eigenvalue weighted by atomic mass is 9.90. The van der Waals surface area contributed by atoms with Gasteiger partial charge in [-0.05, 0) is 18.6 Å². The Hall–Kier alpha value is -2.16. The molecule has 0 amide bonds. The maximum absolute atomic E-state index is 9.59. The number of benzene rings is 1. The van der Waals surface area contributed by atoms with Crippen molar-refractivity contribution in [3.63, 3.8) is 0 Å². The normalized spacial score (nSPS) is 22.4. The number of aliphatic hydroxyl groups excluding tert-OH is 1. The van der Waals surface area contributed by atoms with Gasteiger partial charge in [-0.25, -0.2) is 4.99 Å². The summed E-state index contributed by atoms with van der Waals surface area (Å²) in [6.07, 6.45) is 5.90. The Morgan fingerprint density at radius 2 is 2.00 bits per heavy atom. The first kappa shape index (κ1) is 10.0. The zero-order chi connectivity index (χ0) is 11.7. The van der Waals surface area contributed by atoms with Crippen LogP contribution in [0.15, 0.2) is 63.8 Å². The second kappa shape index (κ2) is 4.01. The summed E-state index contributed by atoms with van der Waals surface area (Å²) in [5.74, 6) is 0.303. The third kappa shape index (κ3) is 1.80. The molecule has 0 saturated carbocycles. The summed E-state index contributed by atoms with van der Waals surface area (Å²) in [5, 5.41) is 9.59. The monoisotopic (exact) mass is 224 g/mol. The van der Waals surface area contributed by atoms with Crippen LogP contribution in [0.5, 0.6) is 0 Å². The number of allylic oxidation sites excluding steroid dienone is 1. The highest BCUT2D eigenvalue weighted by Crippen LogP contribution is 2.25. The zero-order valence-electron chi connectivity index (χ0n) is 9.24. The Morgan fingerprint density at radius 3 is 2.82 bits per heavy atom. The average Bonchev–Trinajstić information content (AvgIpc) is 2.39. The first-order chi connectivity index (χ1) is 8.34. The van der Waals surface area contributed by atoms with Crippen LogP contribution >= 0.6 is 0 Å². The lowest BCUT2D eigenvalue weighted by Crippen LogP contribution is -2.23. The first-order valence-corrected chi connectivity index (χ1v) is 5.60. The minimum atomic E-state index is 0.0959. The largest absolute Gasteiger partial charge is 0.508 e. The molecule has 1 unspecified atom stereocenters. The molecule has 2 aliphatic rings. The van der Waals surface area contributed by atoms with Gasteiger partial charge < -0.3 is 5.11 Å². The van der Waals surface area contributed by atoms with E-state index in [0.29, 0.717) is 5.76 Å². The summed E-state index contributed by atoms with van der Waals surface area (Å²) in [4.78, 5) is 8.66. The molecule has 3 heteroatoms. The third-order valence-corrected chi connectivity index (χ3v) is 2.97. The van der Waals surface area contributed by atoms with Crippen LogP contribution in [0, 0.1) is 0 Å². The molecule has 1 aliphatic carbocycles. The minimum absolute atomic E-state index is 0.0959. The van der Waals surface area contributed by atoms with E-state index in [1.165, 1.54) is 0 Å². The van der Waals surface area contributed by atoms with Crippen molar-refractivity contribution in [1.29, 1.82) is 0 Å². The molecule has 0 bridgehead atoms. The Morgan fingerprint density at radius 1 is 1.18 bits per heavy atom. The van der Waals surface area contributed by atoms with Gasteiger partial charge in [0.1, 0.15) is 12.1 Å². The van der Waals surface area contributed by atoms with Crippen LogP contribution in [0.3, 0.4) is 0 Å². The van der Waals surface area contributed by atoms with Gasteiger partial charge in [0, 0.05) is 11.1 Å². The molecule has 0 radical (unpaired) electrons. The van der Waals surface area contributed by atoms with Gasteiger partial charge in [0.05, 0.1) is 11.8 Å². The molecule has 1 aromatic carbocycles. The quantitative estimate of drug-likeness (QED) is 0.783. The third-order valence-electron chi connectivity index (χ3n) is 2.97. The molecule has 0 fully saturated rings. The molecule has 0 spiro atoms. The number of nitrogens with zero attached hydrogens (tertiary/aromatic N) is 2. The van der Waals surface area contributed by atoms with E-state index >= 15 is 0 Å². The van der Waals surface area contributed by atoms with E-state index in [1.54, 1.807) is 18.5 Å². The van der Waals surface area contributed by atoms with Gasteiger partial charge in [0.25, 0.3) is 0 Å². The molecule has 3 rings (SSSR count). The standard InChI is InChI=1S/C14H12N2O/c17-11-6-7-13-12(8-11)14(16-9-15-13)10-4-2-1-3-5-10/h1-6,8-9,13,17H,7H2. The van der Waals surface area contributed by atoms with Gasteiger partial charge in [-0.2, -0.15) is 0 Å². The summed E-state index contributed by atoms with van der Waals surface area (Å²) in [7, 11) is 0. The van der Waals surface area contributed by atoms with Crippen LogP contribution < -0.4 is 0 Å². The molecule has 3 nitrogen and oxygen atoms in total. The van der Waals surface area contributed by atoms with Crippen molar-refractivity contribution in [2.45, 2.75) is 12.5 Å². The molecule has 1 aliphatic heterocycles. The van der Waals surface area contributed by atoms with Gasteiger partial charge in [0.15, 0.2) is 0 Å². The van der Waals surface area contributed by atoms with Crippen LogP contribution in [0.25, 0.3) is 0 Å². The summed E-state index contributed by atoms with van der Waals surface area (Å²) < 4.78 is 0. The van der Waals surface area contributed by atoms with E-state index in [0.717, 1.165) is 23.3 Å². The summed E-state index contributed by atoms with van der Waals surface area (Å²) >= 11 is 0. The fraction of sp³-hybridized carbons (Fsp3) is 0.143. The number of hydrogen-bond donors (Lipinski definition) is 1. The van der Waals surface area contributed by atoms with E-state index in [-0.39, 0.29) is 6.04 Å². The summed E-state index contributed by atoms with van der Waals surface area (Å²) in [5.41, 5.74) is 2.97. The Labute approximate surface area is 99.5 Å².